The highest BCUT2D eigenvalue weighted by molar-refractivity contribution is 5.87. The van der Waals surface area contributed by atoms with Gasteiger partial charge in [-0.2, -0.15) is 13.2 Å². The molecule has 7 heteroatoms. The minimum atomic E-state index is -4.81. The van der Waals surface area contributed by atoms with Crippen molar-refractivity contribution in [2.75, 3.05) is 0 Å². The molecule has 0 aromatic carbocycles. The second-order valence-corrected chi connectivity index (χ2v) is 7.87. The molecule has 1 rings (SSSR count). The summed E-state index contributed by atoms with van der Waals surface area (Å²) < 4.78 is 50.7. The van der Waals surface area contributed by atoms with Crippen molar-refractivity contribution in [3.8, 4) is 0 Å². The van der Waals surface area contributed by atoms with Crippen LogP contribution in [-0.4, -0.2) is 40.2 Å². The number of ether oxygens (including phenoxy) is 2. The van der Waals surface area contributed by atoms with Crippen LogP contribution in [0.4, 0.5) is 13.2 Å². The van der Waals surface area contributed by atoms with Crippen molar-refractivity contribution in [3.05, 3.63) is 12.2 Å². The third kappa shape index (κ3) is 5.20. The zero-order valence-corrected chi connectivity index (χ0v) is 15.6. The minimum Gasteiger partial charge on any atom is -0.459 e. The molecule has 0 saturated heterocycles. The van der Waals surface area contributed by atoms with Gasteiger partial charge >= 0.3 is 12.1 Å². The average molecular weight is 366 g/mol. The largest absolute Gasteiger partial charge is 0.459 e. The van der Waals surface area contributed by atoms with Crippen LogP contribution in [0.5, 0.6) is 0 Å². The lowest BCUT2D eigenvalue weighted by Crippen LogP contribution is -2.61. The minimum absolute atomic E-state index is 0.305. The normalized spacial score (nSPS) is 28.0. The van der Waals surface area contributed by atoms with E-state index in [1.54, 1.807) is 13.8 Å². The Balaban J connectivity index is 2.82. The lowest BCUT2D eigenvalue weighted by Gasteiger charge is -2.46. The van der Waals surface area contributed by atoms with E-state index in [2.05, 4.69) is 6.58 Å². The second-order valence-electron chi connectivity index (χ2n) is 7.87. The van der Waals surface area contributed by atoms with Gasteiger partial charge in [0.2, 0.25) is 0 Å². The van der Waals surface area contributed by atoms with Gasteiger partial charge in [-0.15, -0.1) is 0 Å². The molecule has 3 atom stereocenters. The maximum atomic E-state index is 13.2. The average Bonchev–Trinajstić information content (AvgIpc) is 2.59. The van der Waals surface area contributed by atoms with Crippen molar-refractivity contribution in [1.82, 2.24) is 0 Å². The van der Waals surface area contributed by atoms with Gasteiger partial charge in [-0.05, 0) is 66.7 Å². The predicted molar refractivity (Wildman–Crippen MR) is 88.0 cm³/mol. The Bertz CT molecular complexity index is 511. The molecule has 4 nitrogen and oxygen atoms in total. The molecule has 146 valence electrons. The molecular formula is C18H29F3O4. The van der Waals surface area contributed by atoms with Crippen molar-refractivity contribution in [2.45, 2.75) is 95.8 Å². The molecule has 0 spiro atoms. The maximum Gasteiger partial charge on any atom is 0.419 e. The molecular weight excluding hydrogens is 337 g/mol. The molecule has 1 aliphatic carbocycles. The van der Waals surface area contributed by atoms with Crippen molar-refractivity contribution in [2.24, 2.45) is 0 Å². The van der Waals surface area contributed by atoms with Crippen LogP contribution in [0, 0.1) is 0 Å². The van der Waals surface area contributed by atoms with Crippen LogP contribution < -0.4 is 0 Å². The molecule has 1 fully saturated rings. The van der Waals surface area contributed by atoms with Gasteiger partial charge in [0.05, 0.1) is 5.60 Å². The summed E-state index contributed by atoms with van der Waals surface area (Å²) in [4.78, 5) is 11.6. The first kappa shape index (κ1) is 22.0. The summed E-state index contributed by atoms with van der Waals surface area (Å²) >= 11 is 0. The lowest BCUT2D eigenvalue weighted by atomic mass is 9.84. The van der Waals surface area contributed by atoms with E-state index in [0.29, 0.717) is 37.7 Å². The summed E-state index contributed by atoms with van der Waals surface area (Å²) in [6.07, 6.45) is -2.41. The Morgan fingerprint density at radius 1 is 1.20 bits per heavy atom. The van der Waals surface area contributed by atoms with E-state index in [0.717, 1.165) is 6.92 Å². The maximum absolute atomic E-state index is 13.2. The number of rotatable bonds is 5. The molecule has 1 aliphatic rings. The van der Waals surface area contributed by atoms with E-state index < -0.39 is 28.9 Å². The number of carbonyl (C=O) groups excluding carboxylic acids is 1. The number of hydrogen-bond acceptors (Lipinski definition) is 4. The molecule has 0 heterocycles. The summed E-state index contributed by atoms with van der Waals surface area (Å²) in [7, 11) is 0. The second kappa shape index (κ2) is 7.27. The van der Waals surface area contributed by atoms with Crippen molar-refractivity contribution >= 4 is 5.97 Å². The van der Waals surface area contributed by atoms with Crippen LogP contribution in [0.1, 0.15) is 66.7 Å². The third-order valence-corrected chi connectivity index (χ3v) is 5.07. The smallest absolute Gasteiger partial charge is 0.419 e. The van der Waals surface area contributed by atoms with Crippen molar-refractivity contribution in [3.63, 3.8) is 0 Å². The van der Waals surface area contributed by atoms with Crippen LogP contribution in [0.15, 0.2) is 12.2 Å². The molecule has 25 heavy (non-hydrogen) atoms. The Morgan fingerprint density at radius 3 is 2.24 bits per heavy atom. The van der Waals surface area contributed by atoms with E-state index in [1.807, 2.05) is 0 Å². The van der Waals surface area contributed by atoms with Gasteiger partial charge in [0.15, 0.2) is 5.60 Å². The van der Waals surface area contributed by atoms with Crippen LogP contribution >= 0.6 is 0 Å². The predicted octanol–water partition coefficient (Wildman–Crippen LogP) is 4.31. The number of carbonyl (C=O) groups is 1. The summed E-state index contributed by atoms with van der Waals surface area (Å²) in [5.74, 6) is -0.463. The zero-order valence-electron chi connectivity index (χ0n) is 15.6. The fourth-order valence-corrected chi connectivity index (χ4v) is 2.97. The number of aliphatic hydroxyl groups is 1. The lowest BCUT2D eigenvalue weighted by molar-refractivity contribution is -0.329. The van der Waals surface area contributed by atoms with Crippen LogP contribution in [-0.2, 0) is 14.3 Å². The van der Waals surface area contributed by atoms with Crippen LogP contribution in [0.3, 0.4) is 0 Å². The molecule has 0 radical (unpaired) electrons. The number of esters is 1. The molecule has 3 unspecified atom stereocenters. The van der Waals surface area contributed by atoms with E-state index >= 15 is 0 Å². The molecule has 0 aliphatic heterocycles. The third-order valence-electron chi connectivity index (χ3n) is 5.07. The molecule has 0 amide bonds. The topological polar surface area (TPSA) is 55.8 Å². The van der Waals surface area contributed by atoms with Gasteiger partial charge in [-0.25, -0.2) is 4.79 Å². The fourth-order valence-electron chi connectivity index (χ4n) is 2.97. The van der Waals surface area contributed by atoms with Crippen molar-refractivity contribution in [1.29, 1.82) is 0 Å². The summed E-state index contributed by atoms with van der Waals surface area (Å²) in [5.41, 5.74) is -5.34. The van der Waals surface area contributed by atoms with E-state index in [9.17, 15) is 23.1 Å². The van der Waals surface area contributed by atoms with Crippen LogP contribution in [0.25, 0.3) is 0 Å². The Morgan fingerprint density at radius 2 is 1.76 bits per heavy atom. The van der Waals surface area contributed by atoms with Gasteiger partial charge in [-0.1, -0.05) is 6.58 Å². The highest BCUT2D eigenvalue weighted by Gasteiger charge is 2.61. The molecule has 0 aromatic heterocycles. The van der Waals surface area contributed by atoms with E-state index in [4.69, 9.17) is 9.47 Å². The summed E-state index contributed by atoms with van der Waals surface area (Å²) in [5, 5.41) is 10.00. The first-order valence-electron chi connectivity index (χ1n) is 8.47. The first-order valence-corrected chi connectivity index (χ1v) is 8.47. The fraction of sp³-hybridized carbons (Fsp3) is 0.833. The highest BCUT2D eigenvalue weighted by Crippen LogP contribution is 2.44. The van der Waals surface area contributed by atoms with Crippen molar-refractivity contribution < 1.29 is 32.5 Å². The SMILES string of the molecule is C=C(C)C(=O)OC1CCCC(C)(OC(C)(C)C(C)(O)C(F)(F)F)CC1. The molecule has 1 N–H and O–H groups in total. The molecule has 0 bridgehead atoms. The zero-order chi connectivity index (χ0) is 19.7. The summed E-state index contributed by atoms with van der Waals surface area (Å²) in [6.45, 7) is 10.1. The molecule has 0 aromatic rings. The van der Waals surface area contributed by atoms with Gasteiger partial charge in [0, 0.05) is 5.57 Å². The van der Waals surface area contributed by atoms with Gasteiger partial charge in [0.1, 0.15) is 11.7 Å². The monoisotopic (exact) mass is 366 g/mol. The standard InChI is InChI=1S/C18H29F3O4/c1-12(2)14(22)24-13-8-7-10-16(5,11-9-13)25-15(3,4)17(6,23)18(19,20)21/h13,23H,1,7-11H2,2-6H3. The Labute approximate surface area is 147 Å². The first-order chi connectivity index (χ1) is 11.1. The Kier molecular flexibility index (Phi) is 6.39. The van der Waals surface area contributed by atoms with Crippen LogP contribution in [0.2, 0.25) is 0 Å². The quantitative estimate of drug-likeness (QED) is 0.448. The molecule has 1 saturated carbocycles. The van der Waals surface area contributed by atoms with E-state index in [1.165, 1.54) is 13.8 Å². The van der Waals surface area contributed by atoms with E-state index in [-0.39, 0.29) is 6.10 Å². The number of alkyl halides is 3. The van der Waals surface area contributed by atoms with Gasteiger partial charge < -0.3 is 14.6 Å². The highest BCUT2D eigenvalue weighted by atomic mass is 19.4. The van der Waals surface area contributed by atoms with Gasteiger partial charge in [-0.3, -0.25) is 0 Å². The van der Waals surface area contributed by atoms with Gasteiger partial charge in [0.25, 0.3) is 0 Å². The summed E-state index contributed by atoms with van der Waals surface area (Å²) in [6, 6.07) is 0. The number of halogens is 3. The Hall–Kier alpha value is -1.08. The number of hydrogen-bond donors (Lipinski definition) is 1.